The van der Waals surface area contributed by atoms with Gasteiger partial charge in [0.25, 0.3) is 0 Å². The molecule has 2 saturated heterocycles. The van der Waals surface area contributed by atoms with Crippen LogP contribution in [0.5, 0.6) is 11.5 Å². The topological polar surface area (TPSA) is 146 Å². The van der Waals surface area contributed by atoms with Gasteiger partial charge in [-0.1, -0.05) is 115 Å². The maximum Gasteiger partial charge on any atom is 0.329 e. The van der Waals surface area contributed by atoms with E-state index in [1.54, 1.807) is 73.5 Å². The molecule has 3 amide bonds. The maximum absolute atomic E-state index is 16.0. The van der Waals surface area contributed by atoms with Crippen LogP contribution in [-0.2, 0) is 24.5 Å². The molecule has 3 N–H and O–H groups in total. The number of phenolic OH excluding ortho intramolecular Hbond substituents is 1. The number of carbonyl (C=O) groups excluding carboxylic acids is 3. The van der Waals surface area contributed by atoms with Crippen LogP contribution in [0.2, 0.25) is 0 Å². The minimum atomic E-state index is -2.13. The number of amides is 3. The summed E-state index contributed by atoms with van der Waals surface area (Å²) in [6, 6.07) is 41.2. The van der Waals surface area contributed by atoms with Crippen molar-refractivity contribution < 1.29 is 38.9 Å². The number of esters is 1. The van der Waals surface area contributed by atoms with E-state index in [1.165, 1.54) is 12.1 Å². The molecule has 6 aromatic rings. The van der Waals surface area contributed by atoms with Crippen molar-refractivity contribution in [3.05, 3.63) is 197 Å². The number of morpholine rings is 1. The van der Waals surface area contributed by atoms with E-state index in [1.807, 2.05) is 91.0 Å². The van der Waals surface area contributed by atoms with E-state index >= 15 is 4.79 Å². The number of aliphatic carboxylic acids is 1. The van der Waals surface area contributed by atoms with E-state index in [0.717, 1.165) is 10.5 Å². The number of urea groups is 1. The van der Waals surface area contributed by atoms with Gasteiger partial charge in [0, 0.05) is 11.1 Å². The number of carbonyl (C=O) groups is 4. The molecular weight excluding hydrogens is 783 g/mol. The number of carboxylic acids is 1. The molecule has 0 unspecified atom stereocenters. The number of benzene rings is 6. The molecular formula is C51H41N3O8. The molecule has 308 valence electrons. The Bertz CT molecular complexity index is 2740. The highest BCUT2D eigenvalue weighted by atomic mass is 16.6. The van der Waals surface area contributed by atoms with Crippen molar-refractivity contribution in [3.8, 4) is 23.3 Å². The molecule has 0 aliphatic carbocycles. The van der Waals surface area contributed by atoms with Gasteiger partial charge < -0.3 is 25.0 Å². The normalized spacial score (nSPS) is 23.1. The number of methoxy groups -OCH3 is 1. The first-order valence-corrected chi connectivity index (χ1v) is 20.2. The number of phenols is 1. The quantitative estimate of drug-likeness (QED) is 0.108. The van der Waals surface area contributed by atoms with Crippen molar-refractivity contribution in [2.75, 3.05) is 12.0 Å². The van der Waals surface area contributed by atoms with E-state index in [2.05, 4.69) is 17.2 Å². The second-order valence-corrected chi connectivity index (χ2v) is 15.6. The number of fused-ring (bicyclic) bond motifs is 3. The SMILES string of the molecule is COc1ccc(C#Cc2ccc3c(c2)[C@]2(C(=O)N3C(=O)N[C@H](C)c3ccccc3)[C@H](C(=O)O)[C@H]3C(=O)O[C@H](c4ccccc4)[C@H](c4ccccc4)N3[C@@H]2c2ccc(O)cc2)cc1. The highest BCUT2D eigenvalue weighted by Gasteiger charge is 2.76. The Morgan fingerprint density at radius 1 is 0.742 bits per heavy atom. The second kappa shape index (κ2) is 16.1. The van der Waals surface area contributed by atoms with Crippen LogP contribution in [0, 0.1) is 17.8 Å². The van der Waals surface area contributed by atoms with E-state index < -0.39 is 65.5 Å². The molecule has 0 aromatic heterocycles. The number of hydrogen-bond donors (Lipinski definition) is 3. The fraction of sp³-hybridized carbons (Fsp3) is 0.176. The predicted molar refractivity (Wildman–Crippen MR) is 230 cm³/mol. The first-order chi connectivity index (χ1) is 30.1. The molecule has 11 nitrogen and oxygen atoms in total. The molecule has 1 spiro atoms. The Kier molecular flexibility index (Phi) is 10.3. The summed E-state index contributed by atoms with van der Waals surface area (Å²) >= 11 is 0. The summed E-state index contributed by atoms with van der Waals surface area (Å²) in [7, 11) is 1.57. The Morgan fingerprint density at radius 3 is 1.97 bits per heavy atom. The average Bonchev–Trinajstić information content (AvgIpc) is 3.76. The van der Waals surface area contributed by atoms with Crippen LogP contribution in [0.3, 0.4) is 0 Å². The van der Waals surface area contributed by atoms with Crippen molar-refractivity contribution in [1.82, 2.24) is 10.2 Å². The van der Waals surface area contributed by atoms with Crippen LogP contribution in [0.15, 0.2) is 158 Å². The number of rotatable bonds is 7. The van der Waals surface area contributed by atoms with Gasteiger partial charge in [-0.3, -0.25) is 19.3 Å². The molecule has 0 radical (unpaired) electrons. The molecule has 62 heavy (non-hydrogen) atoms. The van der Waals surface area contributed by atoms with Gasteiger partial charge in [0.1, 0.15) is 35.0 Å². The van der Waals surface area contributed by atoms with E-state index in [9.17, 15) is 24.6 Å². The minimum absolute atomic E-state index is 0.0582. The highest BCUT2D eigenvalue weighted by Crippen LogP contribution is 2.66. The fourth-order valence-electron chi connectivity index (χ4n) is 9.52. The van der Waals surface area contributed by atoms with Crippen molar-refractivity contribution in [3.63, 3.8) is 0 Å². The van der Waals surface area contributed by atoms with Gasteiger partial charge in [0.2, 0.25) is 5.91 Å². The largest absolute Gasteiger partial charge is 0.508 e. The van der Waals surface area contributed by atoms with Gasteiger partial charge in [-0.25, -0.2) is 9.69 Å². The van der Waals surface area contributed by atoms with Crippen molar-refractivity contribution in [1.29, 1.82) is 0 Å². The summed E-state index contributed by atoms with van der Waals surface area (Å²) in [4.78, 5) is 62.6. The van der Waals surface area contributed by atoms with Gasteiger partial charge in [-0.15, -0.1) is 0 Å². The standard InChI is InChI=1S/C51H41N3O8/c1-31(34-12-6-3-7-13-34)52-50(60)53-41-29-22-33(19-18-32-20-27-39(61-2)28-21-32)30-40(41)51(49(53)59)42(47(56)57)44-48(58)62-45(36-16-10-5-11-17-36)43(35-14-8-4-9-15-35)54(44)46(51)37-23-25-38(55)26-24-37/h3-17,20-31,42-46,55H,1-2H3,(H,52,60)(H,56,57)/t31-,42+,43+,44+,45-,46-,51+/m1/s1. The zero-order valence-corrected chi connectivity index (χ0v) is 33.7. The number of aromatic hydroxyl groups is 1. The average molecular weight is 824 g/mol. The number of nitrogens with zero attached hydrogens (tertiary/aromatic N) is 2. The summed E-state index contributed by atoms with van der Waals surface area (Å²) in [6.07, 6.45) is -0.935. The van der Waals surface area contributed by atoms with Crippen molar-refractivity contribution >= 4 is 29.6 Å². The van der Waals surface area contributed by atoms with Crippen LogP contribution in [0.4, 0.5) is 10.5 Å². The Labute approximate surface area is 358 Å². The maximum atomic E-state index is 16.0. The lowest BCUT2D eigenvalue weighted by molar-refractivity contribution is -0.179. The van der Waals surface area contributed by atoms with Crippen LogP contribution >= 0.6 is 0 Å². The summed E-state index contributed by atoms with van der Waals surface area (Å²) < 4.78 is 11.7. The lowest BCUT2D eigenvalue weighted by atomic mass is 9.65. The predicted octanol–water partition coefficient (Wildman–Crippen LogP) is 8.02. The van der Waals surface area contributed by atoms with E-state index in [0.29, 0.717) is 33.6 Å². The number of ether oxygens (including phenoxy) is 2. The third-order valence-electron chi connectivity index (χ3n) is 12.2. The second-order valence-electron chi connectivity index (χ2n) is 15.6. The molecule has 3 heterocycles. The lowest BCUT2D eigenvalue weighted by Gasteiger charge is -2.46. The number of cyclic esters (lactones) is 1. The van der Waals surface area contributed by atoms with Gasteiger partial charge in [-0.05, 0) is 89.3 Å². The van der Waals surface area contributed by atoms with Crippen LogP contribution < -0.4 is 15.0 Å². The Hall–Kier alpha value is -7.68. The summed E-state index contributed by atoms with van der Waals surface area (Å²) in [6.45, 7) is 1.79. The van der Waals surface area contributed by atoms with Crippen LogP contribution in [0.25, 0.3) is 0 Å². The van der Waals surface area contributed by atoms with Crippen LogP contribution in [-0.4, -0.2) is 52.1 Å². The van der Waals surface area contributed by atoms with Gasteiger partial charge in [0.15, 0.2) is 0 Å². The van der Waals surface area contributed by atoms with Gasteiger partial charge in [0.05, 0.1) is 30.9 Å². The van der Waals surface area contributed by atoms with E-state index in [-0.39, 0.29) is 17.0 Å². The number of hydrogen-bond acceptors (Lipinski definition) is 8. The van der Waals surface area contributed by atoms with E-state index in [4.69, 9.17) is 9.47 Å². The molecule has 9 rings (SSSR count). The van der Waals surface area contributed by atoms with Gasteiger partial charge >= 0.3 is 18.0 Å². The molecule has 11 heteroatoms. The highest BCUT2D eigenvalue weighted by molar-refractivity contribution is 6.24. The number of carboxylic acid groups (broad SMARTS) is 1. The van der Waals surface area contributed by atoms with Crippen LogP contribution in [0.1, 0.15) is 70.1 Å². The monoisotopic (exact) mass is 823 g/mol. The Balaban J connectivity index is 1.30. The molecule has 3 aliphatic rings. The summed E-state index contributed by atoms with van der Waals surface area (Å²) in [5, 5.41) is 25.1. The molecule has 3 aliphatic heterocycles. The third-order valence-corrected chi connectivity index (χ3v) is 12.2. The number of anilines is 1. The third kappa shape index (κ3) is 6.62. The fourth-order valence-corrected chi connectivity index (χ4v) is 9.52. The molecule has 6 aromatic carbocycles. The minimum Gasteiger partial charge on any atom is -0.508 e. The zero-order chi connectivity index (χ0) is 43.1. The summed E-state index contributed by atoms with van der Waals surface area (Å²) in [5.74, 6) is 2.06. The molecule has 7 atom stereocenters. The van der Waals surface area contributed by atoms with Crippen molar-refractivity contribution in [2.45, 2.75) is 42.6 Å². The summed E-state index contributed by atoms with van der Waals surface area (Å²) in [5.41, 5.74) is 1.94. The number of imide groups is 1. The lowest BCUT2D eigenvalue weighted by Crippen LogP contribution is -2.54. The molecule has 0 saturated carbocycles. The first kappa shape index (κ1) is 39.8. The molecule has 0 bridgehead atoms. The smallest absolute Gasteiger partial charge is 0.329 e. The Morgan fingerprint density at radius 2 is 1.34 bits per heavy atom. The first-order valence-electron chi connectivity index (χ1n) is 20.2. The zero-order valence-electron chi connectivity index (χ0n) is 33.7. The number of nitrogens with one attached hydrogen (secondary N) is 1. The van der Waals surface area contributed by atoms with Gasteiger partial charge in [-0.2, -0.15) is 0 Å². The van der Waals surface area contributed by atoms with Crippen molar-refractivity contribution in [2.24, 2.45) is 5.92 Å². The molecule has 2 fully saturated rings.